The SMILES string of the molecule is CC=NCCC.CCC[C@H]1CCC2[C@H](CCC3[C@@H]2CCC2(C)[C@H]3C[C@H](CC=C(C)C)[C@@H]2C(C)CC)C1. The van der Waals surface area contributed by atoms with E-state index in [9.17, 15) is 0 Å². The first-order valence-corrected chi connectivity index (χ1v) is 16.4. The summed E-state index contributed by atoms with van der Waals surface area (Å²) in [5, 5.41) is 0. The van der Waals surface area contributed by atoms with Gasteiger partial charge in [0.1, 0.15) is 0 Å². The van der Waals surface area contributed by atoms with Gasteiger partial charge in [-0.2, -0.15) is 0 Å². The lowest BCUT2D eigenvalue weighted by molar-refractivity contribution is -0.0752. The standard InChI is InChI=1S/C30H52.C5H11N/c1-7-9-22-11-14-25-23(18-22)13-15-27-26(25)16-17-30(6)28(27)19-24(12-10-20(3)4)29(30)21(5)8-2;1-3-5-6-4-2/h10,21-29H,7-9,11-19H2,1-6H3;4H,3,5H2,1-2H3/t21?,22-,23+,24-,25?,26+,27?,28-,29-,30?;/m0./s1. The second kappa shape index (κ2) is 14.0. The number of aliphatic imine (C=N–C) groups is 1. The zero-order valence-corrected chi connectivity index (χ0v) is 25.7. The molecule has 4 aliphatic rings. The zero-order chi connectivity index (χ0) is 26.3. The van der Waals surface area contributed by atoms with Gasteiger partial charge in [-0.3, -0.25) is 4.99 Å². The summed E-state index contributed by atoms with van der Waals surface area (Å²) >= 11 is 0. The Morgan fingerprint density at radius 3 is 2.31 bits per heavy atom. The van der Waals surface area contributed by atoms with E-state index < -0.39 is 0 Å². The van der Waals surface area contributed by atoms with E-state index in [2.05, 4.69) is 59.5 Å². The third-order valence-electron chi connectivity index (χ3n) is 11.6. The summed E-state index contributed by atoms with van der Waals surface area (Å²) in [6.07, 6.45) is 23.7. The summed E-state index contributed by atoms with van der Waals surface area (Å²) < 4.78 is 0. The average Bonchev–Trinajstić information content (AvgIpc) is 3.18. The van der Waals surface area contributed by atoms with E-state index >= 15 is 0 Å². The minimum Gasteiger partial charge on any atom is -0.298 e. The van der Waals surface area contributed by atoms with Crippen molar-refractivity contribution in [2.45, 2.75) is 139 Å². The van der Waals surface area contributed by atoms with Gasteiger partial charge in [-0.25, -0.2) is 0 Å². The maximum Gasteiger partial charge on any atom is 0.0382 e. The van der Waals surface area contributed by atoms with E-state index in [4.69, 9.17) is 0 Å². The highest BCUT2D eigenvalue weighted by atomic mass is 14.7. The fourth-order valence-corrected chi connectivity index (χ4v) is 10.1. The summed E-state index contributed by atoms with van der Waals surface area (Å²) in [6, 6.07) is 0. The van der Waals surface area contributed by atoms with Crippen molar-refractivity contribution in [2.75, 3.05) is 6.54 Å². The fourth-order valence-electron chi connectivity index (χ4n) is 10.1. The molecule has 4 unspecified atom stereocenters. The molecule has 0 N–H and O–H groups in total. The molecule has 0 heterocycles. The van der Waals surface area contributed by atoms with Crippen LogP contribution in [0.2, 0.25) is 0 Å². The molecule has 4 saturated carbocycles. The molecule has 208 valence electrons. The summed E-state index contributed by atoms with van der Waals surface area (Å²) in [5.41, 5.74) is 2.16. The van der Waals surface area contributed by atoms with Crippen LogP contribution in [0.5, 0.6) is 0 Å². The Morgan fingerprint density at radius 2 is 1.69 bits per heavy atom. The number of fused-ring (bicyclic) bond motifs is 5. The predicted octanol–water partition coefficient (Wildman–Crippen LogP) is 10.8. The minimum atomic E-state index is 0.628. The van der Waals surface area contributed by atoms with Gasteiger partial charge in [0.25, 0.3) is 0 Å². The Bertz CT molecular complexity index is 701. The van der Waals surface area contributed by atoms with Gasteiger partial charge in [-0.15, -0.1) is 0 Å². The van der Waals surface area contributed by atoms with Gasteiger partial charge in [0, 0.05) is 6.54 Å². The van der Waals surface area contributed by atoms with Crippen molar-refractivity contribution in [3.05, 3.63) is 11.6 Å². The molecule has 0 aromatic rings. The van der Waals surface area contributed by atoms with E-state index in [1.807, 2.05) is 13.1 Å². The molecular formula is C35H63N. The van der Waals surface area contributed by atoms with Crippen LogP contribution in [0.25, 0.3) is 0 Å². The van der Waals surface area contributed by atoms with Crippen molar-refractivity contribution in [1.29, 1.82) is 0 Å². The van der Waals surface area contributed by atoms with E-state index in [1.54, 1.807) is 51.4 Å². The normalized spacial score (nSPS) is 40.4. The van der Waals surface area contributed by atoms with Crippen molar-refractivity contribution >= 4 is 6.21 Å². The molecule has 0 saturated heterocycles. The largest absolute Gasteiger partial charge is 0.298 e. The van der Waals surface area contributed by atoms with Crippen LogP contribution in [0.3, 0.4) is 0 Å². The Balaban J connectivity index is 0.000000538. The van der Waals surface area contributed by atoms with Crippen LogP contribution < -0.4 is 0 Å². The summed E-state index contributed by atoms with van der Waals surface area (Å²) in [7, 11) is 0. The van der Waals surface area contributed by atoms with Crippen LogP contribution in [-0.4, -0.2) is 12.8 Å². The highest BCUT2D eigenvalue weighted by Gasteiger charge is 2.60. The Morgan fingerprint density at radius 1 is 0.944 bits per heavy atom. The smallest absolute Gasteiger partial charge is 0.0382 e. The number of allylic oxidation sites excluding steroid dienone is 2. The van der Waals surface area contributed by atoms with E-state index in [0.29, 0.717) is 5.41 Å². The molecule has 0 aromatic carbocycles. The molecule has 0 aromatic heterocycles. The van der Waals surface area contributed by atoms with Crippen LogP contribution in [0.4, 0.5) is 0 Å². The Kier molecular flexibility index (Phi) is 11.6. The van der Waals surface area contributed by atoms with Crippen molar-refractivity contribution in [2.24, 2.45) is 63.7 Å². The molecular weight excluding hydrogens is 434 g/mol. The number of hydrogen-bond donors (Lipinski definition) is 0. The molecule has 4 fully saturated rings. The summed E-state index contributed by atoms with van der Waals surface area (Å²) in [5.74, 6) is 9.24. The molecule has 1 heteroatoms. The number of nitrogens with zero attached hydrogens (tertiary/aromatic N) is 1. The highest BCUT2D eigenvalue weighted by molar-refractivity contribution is 5.53. The van der Waals surface area contributed by atoms with Gasteiger partial charge in [0.15, 0.2) is 0 Å². The molecule has 0 aliphatic heterocycles. The lowest BCUT2D eigenvalue weighted by Gasteiger charge is -2.57. The third kappa shape index (κ3) is 6.69. The Hall–Kier alpha value is -0.590. The summed E-state index contributed by atoms with van der Waals surface area (Å²) in [6.45, 7) is 19.8. The van der Waals surface area contributed by atoms with Crippen LogP contribution in [0.1, 0.15) is 139 Å². The zero-order valence-electron chi connectivity index (χ0n) is 25.7. The molecule has 0 bridgehead atoms. The van der Waals surface area contributed by atoms with Gasteiger partial charge >= 0.3 is 0 Å². The fraction of sp³-hybridized carbons (Fsp3) is 0.914. The summed E-state index contributed by atoms with van der Waals surface area (Å²) in [4.78, 5) is 3.97. The molecule has 36 heavy (non-hydrogen) atoms. The van der Waals surface area contributed by atoms with Crippen LogP contribution in [-0.2, 0) is 0 Å². The first-order valence-electron chi connectivity index (χ1n) is 16.4. The highest BCUT2D eigenvalue weighted by Crippen LogP contribution is 2.67. The monoisotopic (exact) mass is 497 g/mol. The van der Waals surface area contributed by atoms with Crippen molar-refractivity contribution in [3.8, 4) is 0 Å². The van der Waals surface area contributed by atoms with Crippen molar-refractivity contribution in [1.82, 2.24) is 0 Å². The van der Waals surface area contributed by atoms with Crippen LogP contribution in [0.15, 0.2) is 16.6 Å². The first kappa shape index (κ1) is 30.0. The third-order valence-corrected chi connectivity index (χ3v) is 11.6. The molecule has 1 nitrogen and oxygen atoms in total. The van der Waals surface area contributed by atoms with Crippen molar-refractivity contribution < 1.29 is 0 Å². The van der Waals surface area contributed by atoms with Gasteiger partial charge in [-0.05, 0) is 143 Å². The lowest BCUT2D eigenvalue weighted by Crippen LogP contribution is -2.49. The maximum absolute atomic E-state index is 3.97. The topological polar surface area (TPSA) is 12.4 Å². The van der Waals surface area contributed by atoms with Crippen LogP contribution >= 0.6 is 0 Å². The predicted molar refractivity (Wildman–Crippen MR) is 161 cm³/mol. The van der Waals surface area contributed by atoms with Gasteiger partial charge in [-0.1, -0.05) is 72.0 Å². The number of rotatable bonds is 8. The average molecular weight is 498 g/mol. The van der Waals surface area contributed by atoms with Crippen LogP contribution in [0, 0.1) is 58.7 Å². The quantitative estimate of drug-likeness (QED) is 0.233. The Labute approximate surface area is 226 Å². The lowest BCUT2D eigenvalue weighted by atomic mass is 9.48. The maximum atomic E-state index is 3.97. The molecule has 4 rings (SSSR count). The van der Waals surface area contributed by atoms with Gasteiger partial charge in [0.2, 0.25) is 0 Å². The van der Waals surface area contributed by atoms with E-state index in [1.165, 1.54) is 31.3 Å². The molecule has 4 aliphatic carbocycles. The first-order chi connectivity index (χ1) is 17.3. The second-order valence-corrected chi connectivity index (χ2v) is 14.0. The number of hydrogen-bond acceptors (Lipinski definition) is 1. The second-order valence-electron chi connectivity index (χ2n) is 14.0. The van der Waals surface area contributed by atoms with Gasteiger partial charge in [0.05, 0.1) is 0 Å². The molecule has 0 radical (unpaired) electrons. The van der Waals surface area contributed by atoms with Gasteiger partial charge < -0.3 is 0 Å². The molecule has 0 spiro atoms. The van der Waals surface area contributed by atoms with E-state index in [0.717, 1.165) is 66.2 Å². The molecule has 10 atom stereocenters. The molecule has 0 amide bonds. The minimum absolute atomic E-state index is 0.628. The van der Waals surface area contributed by atoms with Crippen molar-refractivity contribution in [3.63, 3.8) is 0 Å². The van der Waals surface area contributed by atoms with E-state index in [-0.39, 0.29) is 0 Å².